The third-order valence-corrected chi connectivity index (χ3v) is 5.89. The van der Waals surface area contributed by atoms with E-state index < -0.39 is 0 Å². The maximum absolute atomic E-state index is 12.5. The Kier molecular flexibility index (Phi) is 5.28. The van der Waals surface area contributed by atoms with E-state index in [2.05, 4.69) is 23.4 Å². The molecule has 2 aromatic rings. The molecule has 0 aliphatic heterocycles. The highest BCUT2D eigenvalue weighted by Gasteiger charge is 2.25. The molecule has 4 nitrogen and oxygen atoms in total. The average Bonchev–Trinajstić information content (AvgIpc) is 2.97. The first-order valence-corrected chi connectivity index (χ1v) is 9.42. The van der Waals surface area contributed by atoms with Crippen LogP contribution in [-0.4, -0.2) is 30.0 Å². The Hall–Kier alpha value is -1.46. The smallest absolute Gasteiger partial charge is 0.278 e. The first-order chi connectivity index (χ1) is 11.1. The number of para-hydroxylation sites is 1. The number of fused-ring (bicyclic) bond motifs is 1. The summed E-state index contributed by atoms with van der Waals surface area (Å²) < 4.78 is 1.22. The predicted molar refractivity (Wildman–Crippen MR) is 94.7 cm³/mol. The van der Waals surface area contributed by atoms with Crippen molar-refractivity contribution in [2.75, 3.05) is 7.05 Å². The van der Waals surface area contributed by atoms with Crippen molar-refractivity contribution in [2.24, 2.45) is 0 Å². The van der Waals surface area contributed by atoms with E-state index in [0.29, 0.717) is 6.04 Å². The summed E-state index contributed by atoms with van der Waals surface area (Å²) in [6.07, 6.45) is 6.07. The summed E-state index contributed by atoms with van der Waals surface area (Å²) in [7, 11) is 2.08. The Labute approximate surface area is 141 Å². The first-order valence-electron chi connectivity index (χ1n) is 8.60. The molecule has 2 atom stereocenters. The van der Waals surface area contributed by atoms with Crippen molar-refractivity contribution in [2.45, 2.75) is 57.7 Å². The molecule has 5 heteroatoms. The van der Waals surface area contributed by atoms with Gasteiger partial charge in [0.15, 0.2) is 6.04 Å². The highest BCUT2D eigenvalue weighted by molar-refractivity contribution is 7.18. The fourth-order valence-electron chi connectivity index (χ4n) is 3.18. The van der Waals surface area contributed by atoms with Gasteiger partial charge in [-0.25, -0.2) is 4.98 Å². The Morgan fingerprint density at radius 1 is 1.35 bits per heavy atom. The normalized spacial score (nSPS) is 18.7. The Morgan fingerprint density at radius 3 is 2.83 bits per heavy atom. The number of carbonyl (C=O) groups is 1. The SMILES string of the molecule is C[C@H](C(=O)NC1CCCCC1)[NH+](C)Cc1nc2ccccc2s1. The van der Waals surface area contributed by atoms with Crippen molar-refractivity contribution in [3.8, 4) is 0 Å². The summed E-state index contributed by atoms with van der Waals surface area (Å²) in [6.45, 7) is 2.80. The molecule has 1 fully saturated rings. The maximum atomic E-state index is 12.5. The summed E-state index contributed by atoms with van der Waals surface area (Å²) in [5.41, 5.74) is 1.06. The van der Waals surface area contributed by atoms with Gasteiger partial charge < -0.3 is 10.2 Å². The standard InChI is InChI=1S/C18H25N3OS/c1-13(18(22)19-14-8-4-3-5-9-14)21(2)12-17-20-15-10-6-7-11-16(15)23-17/h6-7,10-11,13-14H,3-5,8-9,12H2,1-2H3,(H,19,22)/p+1/t13-/m1/s1. The van der Waals surface area contributed by atoms with Crippen LogP contribution in [0.15, 0.2) is 24.3 Å². The first kappa shape index (κ1) is 16.4. The van der Waals surface area contributed by atoms with Crippen LogP contribution in [0.4, 0.5) is 0 Å². The topological polar surface area (TPSA) is 46.4 Å². The van der Waals surface area contributed by atoms with Crippen LogP contribution in [0.2, 0.25) is 0 Å². The van der Waals surface area contributed by atoms with E-state index in [1.807, 2.05) is 25.1 Å². The maximum Gasteiger partial charge on any atom is 0.278 e. The van der Waals surface area contributed by atoms with Crippen molar-refractivity contribution in [3.05, 3.63) is 29.3 Å². The lowest BCUT2D eigenvalue weighted by Gasteiger charge is -2.26. The number of carbonyl (C=O) groups excluding carboxylic acids is 1. The molecule has 0 saturated heterocycles. The highest BCUT2D eigenvalue weighted by Crippen LogP contribution is 2.21. The molecule has 1 amide bonds. The number of likely N-dealkylation sites (N-methyl/N-ethyl adjacent to an activating group) is 1. The van der Waals surface area contributed by atoms with Gasteiger partial charge in [0.1, 0.15) is 11.6 Å². The fraction of sp³-hybridized carbons (Fsp3) is 0.556. The Morgan fingerprint density at radius 2 is 2.09 bits per heavy atom. The van der Waals surface area contributed by atoms with Gasteiger partial charge in [0, 0.05) is 6.04 Å². The zero-order chi connectivity index (χ0) is 16.2. The van der Waals surface area contributed by atoms with E-state index >= 15 is 0 Å². The van der Waals surface area contributed by atoms with Gasteiger partial charge in [0.2, 0.25) is 0 Å². The molecule has 0 radical (unpaired) electrons. The molecule has 0 bridgehead atoms. The number of amides is 1. The Balaban J connectivity index is 1.57. The second-order valence-electron chi connectivity index (χ2n) is 6.66. The number of nitrogens with zero attached hydrogens (tertiary/aromatic N) is 1. The molecule has 1 aromatic carbocycles. The van der Waals surface area contributed by atoms with Gasteiger partial charge in [-0.05, 0) is 31.9 Å². The number of rotatable bonds is 5. The van der Waals surface area contributed by atoms with Crippen LogP contribution in [0.1, 0.15) is 44.0 Å². The van der Waals surface area contributed by atoms with Gasteiger partial charge >= 0.3 is 0 Å². The second kappa shape index (κ2) is 7.41. The van der Waals surface area contributed by atoms with Crippen molar-refractivity contribution in [1.29, 1.82) is 0 Å². The number of thiazole rings is 1. The highest BCUT2D eigenvalue weighted by atomic mass is 32.1. The molecule has 23 heavy (non-hydrogen) atoms. The lowest BCUT2D eigenvalue weighted by atomic mass is 9.95. The summed E-state index contributed by atoms with van der Waals surface area (Å²) in [4.78, 5) is 18.3. The molecule has 1 aromatic heterocycles. The molecule has 1 aliphatic carbocycles. The van der Waals surface area contributed by atoms with Crippen molar-refractivity contribution in [1.82, 2.24) is 10.3 Å². The van der Waals surface area contributed by atoms with E-state index in [4.69, 9.17) is 0 Å². The molecule has 2 N–H and O–H groups in total. The minimum Gasteiger partial charge on any atom is -0.348 e. The minimum absolute atomic E-state index is 0.0519. The summed E-state index contributed by atoms with van der Waals surface area (Å²) >= 11 is 1.73. The lowest BCUT2D eigenvalue weighted by molar-refractivity contribution is -0.908. The van der Waals surface area contributed by atoms with Gasteiger partial charge in [-0.2, -0.15) is 0 Å². The molecule has 124 valence electrons. The number of nitrogens with one attached hydrogen (secondary N) is 2. The van der Waals surface area contributed by atoms with Gasteiger partial charge in [-0.15, -0.1) is 11.3 Å². The molecule has 1 saturated carbocycles. The minimum atomic E-state index is -0.0519. The van der Waals surface area contributed by atoms with E-state index in [-0.39, 0.29) is 11.9 Å². The van der Waals surface area contributed by atoms with Gasteiger partial charge in [0.05, 0.1) is 17.3 Å². The number of hydrogen-bond acceptors (Lipinski definition) is 3. The Bertz CT molecular complexity index is 630. The van der Waals surface area contributed by atoms with Crippen LogP contribution in [0, 0.1) is 0 Å². The zero-order valence-electron chi connectivity index (χ0n) is 14.0. The average molecular weight is 332 g/mol. The van der Waals surface area contributed by atoms with E-state index in [0.717, 1.165) is 29.9 Å². The van der Waals surface area contributed by atoms with Crippen LogP contribution in [0.5, 0.6) is 0 Å². The van der Waals surface area contributed by atoms with Crippen LogP contribution in [-0.2, 0) is 11.3 Å². The van der Waals surface area contributed by atoms with Crippen LogP contribution in [0.3, 0.4) is 0 Å². The molecule has 1 heterocycles. The number of benzene rings is 1. The van der Waals surface area contributed by atoms with Gasteiger partial charge in [0.25, 0.3) is 5.91 Å². The number of aromatic nitrogens is 1. The van der Waals surface area contributed by atoms with Crippen molar-refractivity contribution in [3.63, 3.8) is 0 Å². The third kappa shape index (κ3) is 4.09. The largest absolute Gasteiger partial charge is 0.348 e. The zero-order valence-corrected chi connectivity index (χ0v) is 14.8. The summed E-state index contributed by atoms with van der Waals surface area (Å²) in [5.74, 6) is 0.176. The molecular formula is C18H26N3OS+. The molecule has 1 unspecified atom stereocenters. The van der Waals surface area contributed by atoms with Crippen LogP contribution < -0.4 is 10.2 Å². The second-order valence-corrected chi connectivity index (χ2v) is 7.78. The predicted octanol–water partition coefficient (Wildman–Crippen LogP) is 2.15. The van der Waals surface area contributed by atoms with E-state index in [1.165, 1.54) is 28.9 Å². The monoisotopic (exact) mass is 332 g/mol. The summed E-state index contributed by atoms with van der Waals surface area (Å²) in [5, 5.41) is 4.33. The van der Waals surface area contributed by atoms with Crippen LogP contribution >= 0.6 is 11.3 Å². The molecular weight excluding hydrogens is 306 g/mol. The van der Waals surface area contributed by atoms with E-state index in [9.17, 15) is 4.79 Å². The van der Waals surface area contributed by atoms with Crippen LogP contribution in [0.25, 0.3) is 10.2 Å². The number of hydrogen-bond donors (Lipinski definition) is 2. The van der Waals surface area contributed by atoms with E-state index in [1.54, 1.807) is 11.3 Å². The quantitative estimate of drug-likeness (QED) is 0.881. The molecule has 3 rings (SSSR count). The molecule has 1 aliphatic rings. The van der Waals surface area contributed by atoms with Gasteiger partial charge in [-0.3, -0.25) is 4.79 Å². The fourth-order valence-corrected chi connectivity index (χ4v) is 4.25. The molecule has 0 spiro atoms. The van der Waals surface area contributed by atoms with Crippen molar-refractivity contribution < 1.29 is 9.69 Å². The number of quaternary nitrogens is 1. The van der Waals surface area contributed by atoms with Crippen molar-refractivity contribution >= 4 is 27.5 Å². The lowest BCUT2D eigenvalue weighted by Crippen LogP contribution is -3.12. The van der Waals surface area contributed by atoms with Gasteiger partial charge in [-0.1, -0.05) is 31.4 Å². The summed E-state index contributed by atoms with van der Waals surface area (Å²) in [6, 6.07) is 8.54. The third-order valence-electron chi connectivity index (χ3n) is 4.85.